The number of allylic oxidation sites excluding steroid dienone is 2. The molecule has 166 valence electrons. The summed E-state index contributed by atoms with van der Waals surface area (Å²) in [7, 11) is 0. The van der Waals surface area contributed by atoms with Gasteiger partial charge in [0.25, 0.3) is 5.91 Å². The number of carbonyl (C=O) groups excluding carboxylic acids is 2. The lowest BCUT2D eigenvalue weighted by molar-refractivity contribution is -0.142. The van der Waals surface area contributed by atoms with Crippen LogP contribution in [0.5, 0.6) is 0 Å². The number of nitrogens with zero attached hydrogens (tertiary/aromatic N) is 1. The van der Waals surface area contributed by atoms with Crippen LogP contribution >= 0.6 is 0 Å². The number of pyridine rings is 1. The van der Waals surface area contributed by atoms with Gasteiger partial charge in [-0.15, -0.1) is 0 Å². The van der Waals surface area contributed by atoms with E-state index in [1.807, 2.05) is 0 Å². The highest BCUT2D eigenvalue weighted by Gasteiger charge is 2.26. The fourth-order valence-electron chi connectivity index (χ4n) is 2.00. The van der Waals surface area contributed by atoms with Crippen molar-refractivity contribution in [3.8, 4) is 0 Å². The molecule has 0 saturated heterocycles. The highest BCUT2D eigenvalue weighted by atomic mass is 19.4. The number of anilines is 1. The number of nitrogens with two attached hydrogens (primary N) is 2. The van der Waals surface area contributed by atoms with Gasteiger partial charge in [-0.25, -0.2) is 4.98 Å². The summed E-state index contributed by atoms with van der Waals surface area (Å²) in [6.07, 6.45) is -2.94. The van der Waals surface area contributed by atoms with Crippen LogP contribution in [-0.2, 0) is 9.53 Å². The zero-order valence-electron chi connectivity index (χ0n) is 17.0. The summed E-state index contributed by atoms with van der Waals surface area (Å²) < 4.78 is 40.9. The maximum Gasteiger partial charge on any atom is 0.392 e. The van der Waals surface area contributed by atoms with Gasteiger partial charge in [-0.1, -0.05) is 13.8 Å². The van der Waals surface area contributed by atoms with E-state index < -0.39 is 25.1 Å². The molecule has 1 aromatic heterocycles. The second kappa shape index (κ2) is 11.1. The number of nitrogens with one attached hydrogen (secondary N) is 2. The number of hydrogen-bond donors (Lipinski definition) is 4. The fourth-order valence-corrected chi connectivity index (χ4v) is 2.00. The van der Waals surface area contributed by atoms with Crippen molar-refractivity contribution in [1.29, 1.82) is 0 Å². The van der Waals surface area contributed by atoms with Gasteiger partial charge in [0.2, 0.25) is 5.91 Å². The van der Waals surface area contributed by atoms with Crippen molar-refractivity contribution in [3.05, 3.63) is 47.1 Å². The highest BCUT2D eigenvalue weighted by molar-refractivity contribution is 5.97. The molecule has 0 saturated carbocycles. The van der Waals surface area contributed by atoms with Gasteiger partial charge in [-0.05, 0) is 31.2 Å². The molecule has 6 N–H and O–H groups in total. The number of aromatic nitrogens is 1. The average Bonchev–Trinajstić information content (AvgIpc) is 2.62. The minimum atomic E-state index is -4.33. The lowest BCUT2D eigenvalue weighted by Crippen LogP contribution is -2.28. The van der Waals surface area contributed by atoms with E-state index in [9.17, 15) is 22.8 Å². The largest absolute Gasteiger partial charge is 0.479 e. The van der Waals surface area contributed by atoms with Crippen LogP contribution in [0.1, 0.15) is 36.3 Å². The minimum Gasteiger partial charge on any atom is -0.479 e. The molecule has 0 aliphatic rings. The quantitative estimate of drug-likeness (QED) is 0.352. The Kier molecular flexibility index (Phi) is 9.16. The molecule has 0 aliphatic heterocycles. The van der Waals surface area contributed by atoms with E-state index >= 15 is 0 Å². The van der Waals surface area contributed by atoms with Gasteiger partial charge in [0.15, 0.2) is 5.88 Å². The molecule has 0 aliphatic carbocycles. The predicted molar refractivity (Wildman–Crippen MR) is 106 cm³/mol. The summed E-state index contributed by atoms with van der Waals surface area (Å²) in [5.74, 6) is -0.894. The predicted octanol–water partition coefficient (Wildman–Crippen LogP) is 2.33. The van der Waals surface area contributed by atoms with E-state index in [1.165, 1.54) is 18.2 Å². The zero-order chi connectivity index (χ0) is 22.9. The molecule has 30 heavy (non-hydrogen) atoms. The molecule has 8 nitrogen and oxygen atoms in total. The van der Waals surface area contributed by atoms with E-state index in [0.29, 0.717) is 5.69 Å². The Labute approximate surface area is 172 Å². The van der Waals surface area contributed by atoms with Crippen LogP contribution in [0.15, 0.2) is 35.9 Å². The molecule has 2 amide bonds. The van der Waals surface area contributed by atoms with Gasteiger partial charge in [0.05, 0.1) is 19.6 Å². The van der Waals surface area contributed by atoms with E-state index in [4.69, 9.17) is 16.2 Å². The maximum atomic E-state index is 12.3. The summed E-state index contributed by atoms with van der Waals surface area (Å²) >= 11 is 0. The van der Waals surface area contributed by atoms with E-state index in [-0.39, 0.29) is 41.3 Å². The minimum absolute atomic E-state index is 0.0414. The van der Waals surface area contributed by atoms with Crippen molar-refractivity contribution in [2.24, 2.45) is 17.4 Å². The number of rotatable bonds is 9. The standard InChI is InChI=1S/C19H26F3N5O3/c1-11(2)17(28)27-16-9-13(8-12(3)26-16)18(29)25-10-14(23)4-5-15(24)30-7-6-19(20,21)22/h4-5,8-9,11H,6-7,10,23-24H2,1-3H3,(H,25,29)(H,26,27,28)/b14-4-,15-5+. The first-order valence-electron chi connectivity index (χ1n) is 9.06. The van der Waals surface area contributed by atoms with Crippen LogP contribution < -0.4 is 22.1 Å². The third-order valence-corrected chi connectivity index (χ3v) is 3.56. The Hall–Kier alpha value is -3.24. The molecule has 11 heteroatoms. The van der Waals surface area contributed by atoms with Crippen molar-refractivity contribution in [1.82, 2.24) is 10.3 Å². The van der Waals surface area contributed by atoms with Crippen molar-refractivity contribution in [2.75, 3.05) is 18.5 Å². The Morgan fingerprint density at radius 3 is 2.50 bits per heavy atom. The summed E-state index contributed by atoms with van der Waals surface area (Å²) in [6.45, 7) is 4.50. The third kappa shape index (κ3) is 9.80. The number of aryl methyl sites for hydroxylation is 1. The second-order valence-corrected chi connectivity index (χ2v) is 6.73. The van der Waals surface area contributed by atoms with Crippen LogP contribution in [0.4, 0.5) is 19.0 Å². The molecule has 0 radical (unpaired) electrons. The maximum absolute atomic E-state index is 12.3. The van der Waals surface area contributed by atoms with Gasteiger partial charge in [0.1, 0.15) is 5.82 Å². The normalized spacial score (nSPS) is 12.6. The van der Waals surface area contributed by atoms with Crippen LogP contribution in [0.3, 0.4) is 0 Å². The third-order valence-electron chi connectivity index (χ3n) is 3.56. The lowest BCUT2D eigenvalue weighted by atomic mass is 10.2. The first-order valence-corrected chi connectivity index (χ1v) is 9.06. The molecule has 0 spiro atoms. The van der Waals surface area contributed by atoms with E-state index in [1.54, 1.807) is 26.8 Å². The Morgan fingerprint density at radius 1 is 1.23 bits per heavy atom. The molecule has 1 rings (SSSR count). The summed E-state index contributed by atoms with van der Waals surface area (Å²) in [6, 6.07) is 2.99. The number of halogens is 3. The molecule has 0 aromatic carbocycles. The molecule has 0 atom stereocenters. The topological polar surface area (TPSA) is 132 Å². The van der Waals surface area contributed by atoms with Crippen molar-refractivity contribution in [3.63, 3.8) is 0 Å². The van der Waals surface area contributed by atoms with E-state index in [2.05, 4.69) is 15.6 Å². The highest BCUT2D eigenvalue weighted by Crippen LogP contribution is 2.19. The Morgan fingerprint density at radius 2 is 1.90 bits per heavy atom. The molecule has 0 unspecified atom stereocenters. The number of alkyl halides is 3. The van der Waals surface area contributed by atoms with Gasteiger partial charge in [-0.3, -0.25) is 9.59 Å². The SMILES string of the molecule is Cc1cc(C(=O)NC/C(N)=C/C=C(\N)OCCC(F)(F)F)cc(NC(=O)C(C)C)n1. The first kappa shape index (κ1) is 24.8. The van der Waals surface area contributed by atoms with Gasteiger partial charge >= 0.3 is 6.18 Å². The van der Waals surface area contributed by atoms with Gasteiger partial charge in [0, 0.05) is 22.9 Å². The molecule has 0 bridgehead atoms. The smallest absolute Gasteiger partial charge is 0.392 e. The molecule has 0 fully saturated rings. The monoisotopic (exact) mass is 429 g/mol. The van der Waals surface area contributed by atoms with Crippen molar-refractivity contribution < 1.29 is 27.5 Å². The second-order valence-electron chi connectivity index (χ2n) is 6.73. The summed E-state index contributed by atoms with van der Waals surface area (Å²) in [5, 5.41) is 5.21. The lowest BCUT2D eigenvalue weighted by Gasteiger charge is -2.10. The van der Waals surface area contributed by atoms with Crippen molar-refractivity contribution >= 4 is 17.6 Å². The zero-order valence-corrected chi connectivity index (χ0v) is 17.0. The average molecular weight is 429 g/mol. The molecular formula is C19H26F3N5O3. The van der Waals surface area contributed by atoms with Gasteiger partial charge in [-0.2, -0.15) is 13.2 Å². The molecule has 1 aromatic rings. The summed E-state index contributed by atoms with van der Waals surface area (Å²) in [5.41, 5.74) is 12.2. The number of hydrogen-bond acceptors (Lipinski definition) is 6. The van der Waals surface area contributed by atoms with E-state index in [0.717, 1.165) is 0 Å². The fraction of sp³-hybridized carbons (Fsp3) is 0.421. The summed E-state index contributed by atoms with van der Waals surface area (Å²) in [4.78, 5) is 28.3. The van der Waals surface area contributed by atoms with Crippen LogP contribution in [0.25, 0.3) is 0 Å². The Bertz CT molecular complexity index is 820. The number of amides is 2. The van der Waals surface area contributed by atoms with Crippen LogP contribution in [0, 0.1) is 12.8 Å². The van der Waals surface area contributed by atoms with Crippen LogP contribution in [0.2, 0.25) is 0 Å². The Balaban J connectivity index is 2.64. The van der Waals surface area contributed by atoms with Crippen LogP contribution in [-0.4, -0.2) is 36.1 Å². The number of ether oxygens (including phenoxy) is 1. The van der Waals surface area contributed by atoms with Gasteiger partial charge < -0.3 is 26.8 Å². The first-order chi connectivity index (χ1) is 13.9. The molecule has 1 heterocycles. The number of carbonyl (C=O) groups is 2. The van der Waals surface area contributed by atoms with Crippen molar-refractivity contribution in [2.45, 2.75) is 33.4 Å². The molecular weight excluding hydrogens is 403 g/mol.